The van der Waals surface area contributed by atoms with Gasteiger partial charge >= 0.3 is 5.97 Å². The molecule has 98 valence electrons. The van der Waals surface area contributed by atoms with Crippen molar-refractivity contribution in [3.63, 3.8) is 0 Å². The van der Waals surface area contributed by atoms with Gasteiger partial charge in [-0.1, -0.05) is 0 Å². The molecule has 1 aliphatic carbocycles. The second-order valence-corrected chi connectivity index (χ2v) is 4.33. The molecule has 5 nitrogen and oxygen atoms in total. The number of ether oxygens (including phenoxy) is 2. The zero-order chi connectivity index (χ0) is 13.1. The van der Waals surface area contributed by atoms with Gasteiger partial charge in [0.15, 0.2) is 11.5 Å². The second kappa shape index (κ2) is 5.27. The molecule has 0 radical (unpaired) electrons. The Hall–Kier alpha value is -1.75. The average Bonchev–Trinajstić information content (AvgIpc) is 2.75. The van der Waals surface area contributed by atoms with Crippen molar-refractivity contribution in [1.82, 2.24) is 0 Å². The largest absolute Gasteiger partial charge is 0.493 e. The number of hydrogen-bond acceptors (Lipinski definition) is 4. The van der Waals surface area contributed by atoms with Crippen LogP contribution in [-0.4, -0.2) is 35.5 Å². The SMILES string of the molecule is COc1ccc(C(=O)O)cc1OC1CCCC1O. The molecule has 2 unspecified atom stereocenters. The van der Waals surface area contributed by atoms with Gasteiger partial charge in [-0.25, -0.2) is 4.79 Å². The van der Waals surface area contributed by atoms with E-state index in [1.54, 1.807) is 6.07 Å². The quantitative estimate of drug-likeness (QED) is 0.852. The van der Waals surface area contributed by atoms with Crippen molar-refractivity contribution in [2.24, 2.45) is 0 Å². The number of carbonyl (C=O) groups is 1. The van der Waals surface area contributed by atoms with Crippen LogP contribution in [0.3, 0.4) is 0 Å². The summed E-state index contributed by atoms with van der Waals surface area (Å²) in [7, 11) is 1.49. The van der Waals surface area contributed by atoms with Gasteiger partial charge in [-0.2, -0.15) is 0 Å². The van der Waals surface area contributed by atoms with Gasteiger partial charge in [0.05, 0.1) is 18.8 Å². The molecule has 1 aromatic rings. The molecule has 1 fully saturated rings. The summed E-state index contributed by atoms with van der Waals surface area (Å²) in [5.41, 5.74) is 0.137. The Labute approximate surface area is 105 Å². The summed E-state index contributed by atoms with van der Waals surface area (Å²) in [5.74, 6) is -0.183. The van der Waals surface area contributed by atoms with Crippen LogP contribution >= 0.6 is 0 Å². The predicted octanol–water partition coefficient (Wildman–Crippen LogP) is 1.69. The van der Waals surface area contributed by atoms with Crippen LogP contribution in [0.2, 0.25) is 0 Å². The fourth-order valence-electron chi connectivity index (χ4n) is 2.11. The fraction of sp³-hybridized carbons (Fsp3) is 0.462. The first-order valence-electron chi connectivity index (χ1n) is 5.88. The first-order valence-corrected chi connectivity index (χ1v) is 5.88. The number of aromatic carboxylic acids is 1. The van der Waals surface area contributed by atoms with Crippen LogP contribution in [0.25, 0.3) is 0 Å². The van der Waals surface area contributed by atoms with Crippen molar-refractivity contribution in [2.75, 3.05) is 7.11 Å². The van der Waals surface area contributed by atoms with Crippen LogP contribution in [0.4, 0.5) is 0 Å². The highest BCUT2D eigenvalue weighted by molar-refractivity contribution is 5.88. The third kappa shape index (κ3) is 2.56. The van der Waals surface area contributed by atoms with E-state index in [9.17, 15) is 9.90 Å². The maximum Gasteiger partial charge on any atom is 0.335 e. The molecule has 0 saturated heterocycles. The molecule has 2 atom stereocenters. The lowest BCUT2D eigenvalue weighted by molar-refractivity contribution is 0.0582. The number of carboxylic acid groups (broad SMARTS) is 1. The monoisotopic (exact) mass is 252 g/mol. The predicted molar refractivity (Wildman–Crippen MR) is 64.2 cm³/mol. The number of benzene rings is 1. The van der Waals surface area contributed by atoms with Crippen molar-refractivity contribution >= 4 is 5.97 Å². The van der Waals surface area contributed by atoms with Crippen LogP contribution in [0, 0.1) is 0 Å². The van der Waals surface area contributed by atoms with Gasteiger partial charge < -0.3 is 19.7 Å². The Morgan fingerprint density at radius 1 is 1.33 bits per heavy atom. The molecule has 2 rings (SSSR count). The van der Waals surface area contributed by atoms with Gasteiger partial charge in [-0.05, 0) is 37.5 Å². The smallest absolute Gasteiger partial charge is 0.335 e. The van der Waals surface area contributed by atoms with Gasteiger partial charge in [-0.3, -0.25) is 0 Å². The molecular formula is C13H16O5. The Bertz CT molecular complexity index is 443. The van der Waals surface area contributed by atoms with Crippen LogP contribution in [-0.2, 0) is 0 Å². The number of rotatable bonds is 4. The molecule has 0 amide bonds. The van der Waals surface area contributed by atoms with Gasteiger partial charge in [0.25, 0.3) is 0 Å². The van der Waals surface area contributed by atoms with E-state index in [1.807, 2.05) is 0 Å². The number of aliphatic hydroxyl groups is 1. The third-order valence-corrected chi connectivity index (χ3v) is 3.11. The maximum atomic E-state index is 10.9. The van der Waals surface area contributed by atoms with Gasteiger partial charge in [0, 0.05) is 0 Å². The van der Waals surface area contributed by atoms with Crippen molar-refractivity contribution in [1.29, 1.82) is 0 Å². The van der Waals surface area contributed by atoms with Crippen LogP contribution in [0.1, 0.15) is 29.6 Å². The third-order valence-electron chi connectivity index (χ3n) is 3.11. The van der Waals surface area contributed by atoms with Gasteiger partial charge in [-0.15, -0.1) is 0 Å². The van der Waals surface area contributed by atoms with E-state index in [0.717, 1.165) is 12.8 Å². The first kappa shape index (κ1) is 12.7. The molecule has 0 aromatic heterocycles. The lowest BCUT2D eigenvalue weighted by Crippen LogP contribution is -2.25. The number of methoxy groups -OCH3 is 1. The lowest BCUT2D eigenvalue weighted by Gasteiger charge is -2.19. The average molecular weight is 252 g/mol. The van der Waals surface area contributed by atoms with Gasteiger partial charge in [0.1, 0.15) is 6.10 Å². The molecule has 2 N–H and O–H groups in total. The summed E-state index contributed by atoms with van der Waals surface area (Å²) in [5, 5.41) is 18.7. The maximum absolute atomic E-state index is 10.9. The molecule has 1 saturated carbocycles. The Morgan fingerprint density at radius 3 is 2.67 bits per heavy atom. The fourth-order valence-corrected chi connectivity index (χ4v) is 2.11. The van der Waals surface area contributed by atoms with Crippen LogP contribution in [0.15, 0.2) is 18.2 Å². The summed E-state index contributed by atoms with van der Waals surface area (Å²) in [4.78, 5) is 10.9. The van der Waals surface area contributed by atoms with E-state index in [-0.39, 0.29) is 11.7 Å². The molecule has 18 heavy (non-hydrogen) atoms. The zero-order valence-electron chi connectivity index (χ0n) is 10.1. The number of hydrogen-bond donors (Lipinski definition) is 2. The first-order chi connectivity index (χ1) is 8.61. The summed E-state index contributed by atoms with van der Waals surface area (Å²) in [6.45, 7) is 0. The van der Waals surface area contributed by atoms with Gasteiger partial charge in [0.2, 0.25) is 0 Å². The molecule has 0 bridgehead atoms. The molecular weight excluding hydrogens is 236 g/mol. The molecule has 0 spiro atoms. The minimum absolute atomic E-state index is 0.137. The van der Waals surface area contributed by atoms with Crippen LogP contribution in [0.5, 0.6) is 11.5 Å². The summed E-state index contributed by atoms with van der Waals surface area (Å²) in [6, 6.07) is 4.44. The van der Waals surface area contributed by atoms with E-state index in [2.05, 4.69) is 0 Å². The highest BCUT2D eigenvalue weighted by atomic mass is 16.5. The van der Waals surface area contributed by atoms with Crippen LogP contribution < -0.4 is 9.47 Å². The standard InChI is InChI=1S/C13H16O5/c1-17-11-6-5-8(13(15)16)7-12(11)18-10-4-2-3-9(10)14/h5-7,9-10,14H,2-4H2,1H3,(H,15,16). The lowest BCUT2D eigenvalue weighted by atomic mass is 10.2. The summed E-state index contributed by atoms with van der Waals surface area (Å²) >= 11 is 0. The normalized spacial score (nSPS) is 22.8. The summed E-state index contributed by atoms with van der Waals surface area (Å²) < 4.78 is 10.8. The van der Waals surface area contributed by atoms with Crippen molar-refractivity contribution in [3.8, 4) is 11.5 Å². The van der Waals surface area contributed by atoms with Crippen molar-refractivity contribution in [2.45, 2.75) is 31.5 Å². The second-order valence-electron chi connectivity index (χ2n) is 4.33. The molecule has 0 aliphatic heterocycles. The zero-order valence-corrected chi connectivity index (χ0v) is 10.1. The highest BCUT2D eigenvalue weighted by Crippen LogP contribution is 2.32. The van der Waals surface area contributed by atoms with E-state index >= 15 is 0 Å². The Balaban J connectivity index is 2.23. The molecule has 5 heteroatoms. The minimum Gasteiger partial charge on any atom is -0.493 e. The van der Waals surface area contributed by atoms with E-state index < -0.39 is 12.1 Å². The molecule has 1 aromatic carbocycles. The van der Waals surface area contributed by atoms with Crippen molar-refractivity contribution < 1.29 is 24.5 Å². The topological polar surface area (TPSA) is 76.0 Å². The molecule has 1 aliphatic rings. The highest BCUT2D eigenvalue weighted by Gasteiger charge is 2.28. The summed E-state index contributed by atoms with van der Waals surface area (Å²) in [6.07, 6.45) is 1.60. The Morgan fingerprint density at radius 2 is 2.11 bits per heavy atom. The van der Waals surface area contributed by atoms with Crippen molar-refractivity contribution in [3.05, 3.63) is 23.8 Å². The number of aliphatic hydroxyl groups excluding tert-OH is 1. The molecule has 0 heterocycles. The number of carboxylic acids is 1. The Kier molecular flexibility index (Phi) is 3.72. The minimum atomic E-state index is -1.02. The van der Waals surface area contributed by atoms with E-state index in [1.165, 1.54) is 19.2 Å². The van der Waals surface area contributed by atoms with E-state index in [0.29, 0.717) is 17.9 Å². The van der Waals surface area contributed by atoms with E-state index in [4.69, 9.17) is 14.6 Å².